The van der Waals surface area contributed by atoms with E-state index < -0.39 is 23.1 Å². The summed E-state index contributed by atoms with van der Waals surface area (Å²) in [5.74, 6) is -0.498. The number of carbonyl (C=O) groups excluding carboxylic acids is 2. The molecule has 0 fully saturated rings. The van der Waals surface area contributed by atoms with Gasteiger partial charge in [-0.15, -0.1) is 0 Å². The van der Waals surface area contributed by atoms with Crippen LogP contribution in [-0.2, 0) is 15.1 Å². The highest BCUT2D eigenvalue weighted by molar-refractivity contribution is 9.10. The van der Waals surface area contributed by atoms with E-state index in [1.165, 1.54) is 25.1 Å². The summed E-state index contributed by atoms with van der Waals surface area (Å²) in [5, 5.41) is 2.46. The van der Waals surface area contributed by atoms with Crippen molar-refractivity contribution in [3.8, 4) is 0 Å². The van der Waals surface area contributed by atoms with Crippen LogP contribution in [0.5, 0.6) is 0 Å². The monoisotopic (exact) mass is 345 g/mol. The largest absolute Gasteiger partial charge is 0.444 e. The average molecular weight is 346 g/mol. The molecule has 0 saturated carbocycles. The molecule has 1 N–H and O–H groups in total. The molecule has 0 aromatic heterocycles. The number of ether oxygens (including phenoxy) is 1. The fourth-order valence-electron chi connectivity index (χ4n) is 1.57. The van der Waals surface area contributed by atoms with Gasteiger partial charge in [-0.25, -0.2) is 9.18 Å². The quantitative estimate of drug-likeness (QED) is 0.852. The number of alkyl carbamates (subject to hydrolysis) is 1. The number of nitrogens with one attached hydrogen (secondary N) is 1. The van der Waals surface area contributed by atoms with Gasteiger partial charge in [-0.1, -0.05) is 15.9 Å². The van der Waals surface area contributed by atoms with Crippen molar-refractivity contribution in [3.63, 3.8) is 0 Å². The molecule has 1 atom stereocenters. The molecule has 0 aliphatic rings. The molecule has 0 spiro atoms. The smallest absolute Gasteiger partial charge is 0.408 e. The number of rotatable bonds is 3. The van der Waals surface area contributed by atoms with Crippen molar-refractivity contribution in [2.45, 2.75) is 38.8 Å². The highest BCUT2D eigenvalue weighted by Crippen LogP contribution is 2.28. The first-order valence-corrected chi connectivity index (χ1v) is 6.80. The molecule has 6 heteroatoms. The number of aldehydes is 1. The number of carbonyl (C=O) groups is 2. The van der Waals surface area contributed by atoms with Crippen LogP contribution < -0.4 is 5.32 Å². The number of hydrogen-bond donors (Lipinski definition) is 1. The minimum atomic E-state index is -1.39. The second kappa shape index (κ2) is 5.91. The molecule has 1 aromatic rings. The van der Waals surface area contributed by atoms with Gasteiger partial charge in [0.1, 0.15) is 23.2 Å². The topological polar surface area (TPSA) is 55.4 Å². The summed E-state index contributed by atoms with van der Waals surface area (Å²) in [5.41, 5.74) is -1.76. The number of amides is 1. The molecule has 0 aliphatic carbocycles. The molecule has 0 heterocycles. The number of hydrogen-bond acceptors (Lipinski definition) is 3. The van der Waals surface area contributed by atoms with Gasteiger partial charge in [0.2, 0.25) is 0 Å². The zero-order valence-electron chi connectivity index (χ0n) is 11.8. The molecule has 1 amide bonds. The lowest BCUT2D eigenvalue weighted by molar-refractivity contribution is -0.113. The van der Waals surface area contributed by atoms with Gasteiger partial charge in [0.25, 0.3) is 0 Å². The highest BCUT2D eigenvalue weighted by Gasteiger charge is 2.32. The predicted molar refractivity (Wildman–Crippen MR) is 76.9 cm³/mol. The SMILES string of the molecule is CC(C)(C)OC(=O)NC(C)(C=O)c1cc(F)ccc1Br. The van der Waals surface area contributed by atoms with Gasteiger partial charge in [0.15, 0.2) is 0 Å². The molecular formula is C14H17BrFNO3. The van der Waals surface area contributed by atoms with Crippen molar-refractivity contribution in [1.29, 1.82) is 0 Å². The Morgan fingerprint density at radius 2 is 1.95 bits per heavy atom. The summed E-state index contributed by atoms with van der Waals surface area (Å²) in [6, 6.07) is 3.92. The second-order valence-corrected chi connectivity index (χ2v) is 6.43. The summed E-state index contributed by atoms with van der Waals surface area (Å²) in [6.07, 6.45) is -0.209. The molecule has 1 aromatic carbocycles. The first-order valence-electron chi connectivity index (χ1n) is 6.00. The molecule has 1 rings (SSSR count). The van der Waals surface area contributed by atoms with Gasteiger partial charge in [0.05, 0.1) is 0 Å². The van der Waals surface area contributed by atoms with Crippen LogP contribution in [0.3, 0.4) is 0 Å². The first kappa shape index (κ1) is 16.6. The minimum absolute atomic E-state index is 0.318. The van der Waals surface area contributed by atoms with E-state index in [1.807, 2.05) is 0 Å². The standard InChI is InChI=1S/C14H17BrFNO3/c1-13(2,3)20-12(19)17-14(4,8-18)10-7-9(16)5-6-11(10)15/h5-8H,1-4H3,(H,17,19). The molecular weight excluding hydrogens is 329 g/mol. The summed E-state index contributed by atoms with van der Waals surface area (Å²) >= 11 is 3.24. The van der Waals surface area contributed by atoms with Crippen molar-refractivity contribution in [2.75, 3.05) is 0 Å². The van der Waals surface area contributed by atoms with E-state index in [1.54, 1.807) is 20.8 Å². The van der Waals surface area contributed by atoms with E-state index in [0.717, 1.165) is 0 Å². The third-order valence-electron chi connectivity index (χ3n) is 2.48. The predicted octanol–water partition coefficient (Wildman–Crippen LogP) is 3.53. The van der Waals surface area contributed by atoms with Crippen LogP contribution in [0.15, 0.2) is 22.7 Å². The van der Waals surface area contributed by atoms with Gasteiger partial charge < -0.3 is 14.8 Å². The van der Waals surface area contributed by atoms with Gasteiger partial charge in [-0.05, 0) is 45.9 Å². The van der Waals surface area contributed by atoms with Gasteiger partial charge in [-0.3, -0.25) is 0 Å². The van der Waals surface area contributed by atoms with E-state index in [4.69, 9.17) is 4.74 Å². The molecule has 0 saturated heterocycles. The maximum absolute atomic E-state index is 13.3. The zero-order chi connectivity index (χ0) is 15.6. The van der Waals surface area contributed by atoms with Crippen molar-refractivity contribution in [3.05, 3.63) is 34.1 Å². The van der Waals surface area contributed by atoms with Crippen molar-refractivity contribution < 1.29 is 18.7 Å². The van der Waals surface area contributed by atoms with Crippen molar-refractivity contribution >= 4 is 28.3 Å². The maximum atomic E-state index is 13.3. The Balaban J connectivity index is 3.06. The lowest BCUT2D eigenvalue weighted by Crippen LogP contribution is -2.47. The van der Waals surface area contributed by atoms with E-state index in [2.05, 4.69) is 21.2 Å². The Morgan fingerprint density at radius 3 is 2.45 bits per heavy atom. The fraction of sp³-hybridized carbons (Fsp3) is 0.429. The van der Waals surface area contributed by atoms with Gasteiger partial charge in [-0.2, -0.15) is 0 Å². The molecule has 0 aliphatic heterocycles. The van der Waals surface area contributed by atoms with Crippen LogP contribution in [0.1, 0.15) is 33.3 Å². The average Bonchev–Trinajstić information content (AvgIpc) is 2.29. The van der Waals surface area contributed by atoms with Gasteiger partial charge in [0, 0.05) is 10.0 Å². The third kappa shape index (κ3) is 4.30. The third-order valence-corrected chi connectivity index (χ3v) is 3.18. The van der Waals surface area contributed by atoms with Crippen LogP contribution in [-0.4, -0.2) is 18.0 Å². The molecule has 110 valence electrons. The Labute approximate surface area is 125 Å². The molecule has 4 nitrogen and oxygen atoms in total. The van der Waals surface area contributed by atoms with E-state index in [-0.39, 0.29) is 0 Å². The Bertz CT molecular complexity index is 528. The Morgan fingerprint density at radius 1 is 1.35 bits per heavy atom. The van der Waals surface area contributed by atoms with Crippen LogP contribution in [0, 0.1) is 5.82 Å². The molecule has 0 bridgehead atoms. The summed E-state index contributed by atoms with van der Waals surface area (Å²) in [7, 11) is 0. The lowest BCUT2D eigenvalue weighted by atomic mass is 9.94. The minimum Gasteiger partial charge on any atom is -0.444 e. The Kier molecular flexibility index (Phi) is 4.91. The molecule has 20 heavy (non-hydrogen) atoms. The van der Waals surface area contributed by atoms with E-state index in [0.29, 0.717) is 16.3 Å². The van der Waals surface area contributed by atoms with Crippen LogP contribution in [0.25, 0.3) is 0 Å². The lowest BCUT2D eigenvalue weighted by Gasteiger charge is -2.28. The first-order chi connectivity index (χ1) is 9.07. The van der Waals surface area contributed by atoms with Crippen molar-refractivity contribution in [1.82, 2.24) is 5.32 Å². The number of halogens is 2. The van der Waals surface area contributed by atoms with E-state index in [9.17, 15) is 14.0 Å². The molecule has 1 unspecified atom stereocenters. The van der Waals surface area contributed by atoms with Crippen LogP contribution >= 0.6 is 15.9 Å². The normalized spacial score (nSPS) is 14.3. The second-order valence-electron chi connectivity index (χ2n) is 5.57. The van der Waals surface area contributed by atoms with E-state index >= 15 is 0 Å². The number of benzene rings is 1. The Hall–Kier alpha value is -1.43. The maximum Gasteiger partial charge on any atom is 0.408 e. The summed E-state index contributed by atoms with van der Waals surface area (Å²) in [6.45, 7) is 6.61. The van der Waals surface area contributed by atoms with Crippen molar-refractivity contribution in [2.24, 2.45) is 0 Å². The zero-order valence-corrected chi connectivity index (χ0v) is 13.4. The summed E-state index contributed by atoms with van der Waals surface area (Å²) < 4.78 is 19.0. The molecule has 0 radical (unpaired) electrons. The summed E-state index contributed by atoms with van der Waals surface area (Å²) in [4.78, 5) is 23.2. The van der Waals surface area contributed by atoms with Crippen LogP contribution in [0.4, 0.5) is 9.18 Å². The van der Waals surface area contributed by atoms with Crippen LogP contribution in [0.2, 0.25) is 0 Å². The fourth-order valence-corrected chi connectivity index (χ4v) is 2.23. The van der Waals surface area contributed by atoms with Gasteiger partial charge >= 0.3 is 6.09 Å². The highest BCUT2D eigenvalue weighted by atomic mass is 79.9.